The van der Waals surface area contributed by atoms with Gasteiger partial charge >= 0.3 is 5.97 Å². The molecule has 5 aromatic rings. The second kappa shape index (κ2) is 11.6. The summed E-state index contributed by atoms with van der Waals surface area (Å²) in [5.41, 5.74) is 3.87. The minimum absolute atomic E-state index is 0.130. The quantitative estimate of drug-likeness (QED) is 0.159. The van der Waals surface area contributed by atoms with E-state index in [9.17, 15) is 14.0 Å². The van der Waals surface area contributed by atoms with Crippen LogP contribution in [0.2, 0.25) is 5.02 Å². The summed E-state index contributed by atoms with van der Waals surface area (Å²) < 4.78 is 30.3. The van der Waals surface area contributed by atoms with Gasteiger partial charge in [0.2, 0.25) is 0 Å². The minimum atomic E-state index is -1.32. The van der Waals surface area contributed by atoms with Crippen LogP contribution in [-0.2, 0) is 23.1 Å². The number of rotatable bonds is 7. The molecule has 0 N–H and O–H groups in total. The predicted octanol–water partition coefficient (Wildman–Crippen LogP) is 7.07. The van der Waals surface area contributed by atoms with E-state index in [-0.39, 0.29) is 10.7 Å². The van der Waals surface area contributed by atoms with Gasteiger partial charge in [-0.25, -0.2) is 9.18 Å². The Balaban J connectivity index is 1.55. The number of nitrogens with zero attached hydrogens (tertiary/aromatic N) is 3. The molecule has 1 amide bonds. The monoisotopic (exact) mass is 554 g/mol. The zero-order valence-corrected chi connectivity index (χ0v) is 22.5. The van der Waals surface area contributed by atoms with E-state index < -0.39 is 24.2 Å². The highest BCUT2D eigenvalue weighted by Crippen LogP contribution is 2.31. The summed E-state index contributed by atoms with van der Waals surface area (Å²) in [6.07, 6.45) is 4.32. The highest BCUT2D eigenvalue weighted by Gasteiger charge is 2.21. The van der Waals surface area contributed by atoms with Gasteiger partial charge in [0.1, 0.15) is 5.82 Å². The molecule has 6 nitrogen and oxygen atoms in total. The molecule has 0 radical (unpaired) electrons. The molecule has 1 aromatic heterocycles. The molecule has 1 heterocycles. The van der Waals surface area contributed by atoms with Crippen LogP contribution in [0.15, 0.2) is 97.2 Å². The van der Waals surface area contributed by atoms with Gasteiger partial charge in [0.05, 0.1) is 26.7 Å². The lowest BCUT2D eigenvalue weighted by Gasteiger charge is -2.24. The third-order valence-corrected chi connectivity index (χ3v) is 6.71. The summed E-state index contributed by atoms with van der Waals surface area (Å²) in [5.74, 6) is -1.76. The zero-order chi connectivity index (χ0) is 29.1. The van der Waals surface area contributed by atoms with Crippen molar-refractivity contribution in [3.63, 3.8) is 0 Å². The maximum atomic E-state index is 14.8. The van der Waals surface area contributed by atoms with Crippen molar-refractivity contribution in [3.8, 4) is 11.1 Å². The molecule has 0 bridgehead atoms. The molecular weight excluding hydrogens is 529 g/mol. The molecule has 5 rings (SSSR count). The number of hydrogen-bond acceptors (Lipinski definition) is 4. The summed E-state index contributed by atoms with van der Waals surface area (Å²) in [5, 5.41) is 5.54. The predicted molar refractivity (Wildman–Crippen MR) is 156 cm³/mol. The van der Waals surface area contributed by atoms with Gasteiger partial charge in [-0.05, 0) is 76.9 Å². The number of anilines is 1. The van der Waals surface area contributed by atoms with Crippen molar-refractivity contribution in [1.29, 1.82) is 0 Å². The van der Waals surface area contributed by atoms with E-state index in [1.165, 1.54) is 36.3 Å². The maximum absolute atomic E-state index is 14.8. The zero-order valence-electron chi connectivity index (χ0n) is 22.7. The van der Waals surface area contributed by atoms with Gasteiger partial charge in [-0.1, -0.05) is 48.0 Å². The fraction of sp³-hybridized carbons (Fsp3) is 0.0938. The van der Waals surface area contributed by atoms with Gasteiger partial charge in [-0.15, -0.1) is 0 Å². The van der Waals surface area contributed by atoms with Crippen molar-refractivity contribution in [2.24, 2.45) is 7.05 Å². The number of ether oxygens (including phenoxy) is 1. The second-order valence-corrected chi connectivity index (χ2v) is 9.45. The normalized spacial score (nSPS) is 12.3. The van der Waals surface area contributed by atoms with Crippen molar-refractivity contribution in [3.05, 3.63) is 125 Å². The molecule has 0 aliphatic carbocycles. The van der Waals surface area contributed by atoms with Crippen LogP contribution >= 0.6 is 11.6 Å². The lowest BCUT2D eigenvalue weighted by atomic mass is 10.0. The standard InChI is InChI=1S/C32H25ClFN3O3/c1-36-30-12-11-23(16-26(30)19-35-36)24-9-10-25(29(33)17-24)20-37(32(39)22-6-4-3-5-7-22)28-15-21(14-27(34)18-28)8-13-31(38)40-2/h3-19H,20H2,1-2H3/b13-8+/i20D. The number of amides is 1. The first-order valence-corrected chi connectivity index (χ1v) is 12.7. The van der Waals surface area contributed by atoms with E-state index in [2.05, 4.69) is 9.84 Å². The van der Waals surface area contributed by atoms with Crippen molar-refractivity contribution in [1.82, 2.24) is 9.78 Å². The van der Waals surface area contributed by atoms with Crippen LogP contribution in [0.4, 0.5) is 10.1 Å². The fourth-order valence-electron chi connectivity index (χ4n) is 4.33. The number of halogens is 2. The molecule has 8 heteroatoms. The van der Waals surface area contributed by atoms with Gasteiger partial charge in [0.15, 0.2) is 0 Å². The van der Waals surface area contributed by atoms with Gasteiger partial charge in [0, 0.05) is 34.8 Å². The van der Waals surface area contributed by atoms with Crippen molar-refractivity contribution >= 4 is 46.1 Å². The fourth-order valence-corrected chi connectivity index (χ4v) is 4.56. The number of aryl methyl sites for hydroxylation is 1. The summed E-state index contributed by atoms with van der Waals surface area (Å²) in [6.45, 7) is -1.32. The third-order valence-electron chi connectivity index (χ3n) is 6.38. The summed E-state index contributed by atoms with van der Waals surface area (Å²) in [4.78, 5) is 26.5. The van der Waals surface area contributed by atoms with E-state index in [4.69, 9.17) is 13.0 Å². The molecule has 0 aliphatic heterocycles. The number of methoxy groups -OCH3 is 1. The number of aromatic nitrogens is 2. The Morgan fingerprint density at radius 3 is 2.55 bits per heavy atom. The van der Waals surface area contributed by atoms with E-state index in [1.807, 2.05) is 31.3 Å². The SMILES string of the molecule is [2H]C(c1ccc(-c2ccc3c(cnn3C)c2)cc1Cl)N(C(=O)c1ccccc1)c1cc(F)cc(/C=C/C(=O)OC)c1. The van der Waals surface area contributed by atoms with Gasteiger partial charge < -0.3 is 9.64 Å². The maximum Gasteiger partial charge on any atom is 0.330 e. The molecular formula is C32H25ClFN3O3. The van der Waals surface area contributed by atoms with E-state index in [1.54, 1.807) is 53.3 Å². The number of carbonyl (C=O) groups excluding carboxylic acids is 2. The molecule has 0 fully saturated rings. The molecule has 0 saturated carbocycles. The molecule has 0 spiro atoms. The number of fused-ring (bicyclic) bond motifs is 1. The average molecular weight is 555 g/mol. The van der Waals surface area contributed by atoms with E-state index in [0.717, 1.165) is 28.1 Å². The van der Waals surface area contributed by atoms with Gasteiger partial charge in [-0.2, -0.15) is 5.10 Å². The second-order valence-electron chi connectivity index (χ2n) is 9.05. The third kappa shape index (κ3) is 5.80. The van der Waals surface area contributed by atoms with Crippen molar-refractivity contribution in [2.75, 3.05) is 12.0 Å². The van der Waals surface area contributed by atoms with Crippen LogP contribution in [0.3, 0.4) is 0 Å². The Morgan fingerprint density at radius 1 is 1.05 bits per heavy atom. The first-order valence-electron chi connectivity index (χ1n) is 12.9. The average Bonchev–Trinajstić information content (AvgIpc) is 3.35. The topological polar surface area (TPSA) is 64.4 Å². The summed E-state index contributed by atoms with van der Waals surface area (Å²) in [7, 11) is 3.11. The Morgan fingerprint density at radius 2 is 1.80 bits per heavy atom. The highest BCUT2D eigenvalue weighted by molar-refractivity contribution is 6.31. The summed E-state index contributed by atoms with van der Waals surface area (Å²) in [6, 6.07) is 23.6. The number of benzene rings is 4. The molecule has 200 valence electrons. The number of esters is 1. The molecule has 1 atom stereocenters. The minimum Gasteiger partial charge on any atom is -0.466 e. The van der Waals surface area contributed by atoms with Crippen LogP contribution in [0.1, 0.15) is 22.9 Å². The van der Waals surface area contributed by atoms with Crippen LogP contribution in [-0.4, -0.2) is 28.8 Å². The highest BCUT2D eigenvalue weighted by atomic mass is 35.5. The van der Waals surface area contributed by atoms with Crippen molar-refractivity contribution < 1.29 is 20.1 Å². The smallest absolute Gasteiger partial charge is 0.330 e. The molecule has 0 aliphatic rings. The van der Waals surface area contributed by atoms with Gasteiger partial charge in [-0.3, -0.25) is 9.48 Å². The lowest BCUT2D eigenvalue weighted by molar-refractivity contribution is -0.134. The van der Waals surface area contributed by atoms with Crippen LogP contribution < -0.4 is 4.90 Å². The van der Waals surface area contributed by atoms with E-state index >= 15 is 0 Å². The lowest BCUT2D eigenvalue weighted by Crippen LogP contribution is -2.30. The Bertz CT molecular complexity index is 1790. The Labute approximate surface area is 237 Å². The molecule has 0 saturated heterocycles. The molecule has 40 heavy (non-hydrogen) atoms. The first kappa shape index (κ1) is 25.5. The number of carbonyl (C=O) groups is 2. The van der Waals surface area contributed by atoms with Crippen LogP contribution in [0.5, 0.6) is 0 Å². The van der Waals surface area contributed by atoms with Crippen LogP contribution in [0.25, 0.3) is 28.1 Å². The van der Waals surface area contributed by atoms with E-state index in [0.29, 0.717) is 16.7 Å². The first-order chi connectivity index (χ1) is 19.7. The summed E-state index contributed by atoms with van der Waals surface area (Å²) >= 11 is 6.73. The number of hydrogen-bond donors (Lipinski definition) is 0. The van der Waals surface area contributed by atoms with Crippen molar-refractivity contribution in [2.45, 2.75) is 6.52 Å². The van der Waals surface area contributed by atoms with Crippen LogP contribution in [0, 0.1) is 5.82 Å². The largest absolute Gasteiger partial charge is 0.466 e. The molecule has 4 aromatic carbocycles. The molecule has 1 unspecified atom stereocenters. The Hall–Kier alpha value is -4.75. The van der Waals surface area contributed by atoms with Gasteiger partial charge in [0.25, 0.3) is 5.91 Å². The Kier molecular flexibility index (Phi) is 7.37.